The quantitative estimate of drug-likeness (QED) is 0.0940. The standard InChI is InChI=1S/C53H64N6O8S2/c1-34(2)59-43-22-16-21-42(48-54-40(33-68-48)27-35-23-25-37(26-24-35)36-17-13-11-14-18-36)47(43)55-51(59)66-41-29-44-45(60)31-53(50(63)56-69(64,65)57(6)7)30-39(53)20-15-10-8-9-12-19-38(49(62)58(44)32-41)28-46(61)67-52(3,4)5/h11,13-18,20-26,33-34,38-39,41,44H,8-10,12,19,27-32H2,1-7H3,(H,56,63)/b20-15-/t38-,39-,41-,44+,53-/m1/s1. The normalized spacial score (nSPS) is 23.0. The van der Waals surface area contributed by atoms with Crippen LogP contribution in [0.5, 0.6) is 6.01 Å². The monoisotopic (exact) mass is 976 g/mol. The maximum absolute atomic E-state index is 14.9. The van der Waals surface area contributed by atoms with E-state index >= 15 is 0 Å². The van der Waals surface area contributed by atoms with Crippen molar-refractivity contribution in [1.29, 1.82) is 0 Å². The molecule has 0 unspecified atom stereocenters. The lowest BCUT2D eigenvalue weighted by Gasteiger charge is -2.29. The smallest absolute Gasteiger partial charge is 0.307 e. The number of benzene rings is 3. The Kier molecular flexibility index (Phi) is 14.6. The van der Waals surface area contributed by atoms with Gasteiger partial charge in [0.1, 0.15) is 22.2 Å². The number of ether oxygens (including phenoxy) is 2. The summed E-state index contributed by atoms with van der Waals surface area (Å²) >= 11 is 1.55. The molecule has 0 bridgehead atoms. The zero-order valence-corrected chi connectivity index (χ0v) is 42.3. The minimum atomic E-state index is -4.15. The van der Waals surface area contributed by atoms with Gasteiger partial charge in [-0.05, 0) is 95.0 Å². The fraction of sp³-hybridized carbons (Fsp3) is 0.472. The molecule has 366 valence electrons. The number of amides is 2. The van der Waals surface area contributed by atoms with Gasteiger partial charge >= 0.3 is 16.2 Å². The molecule has 16 heteroatoms. The van der Waals surface area contributed by atoms with E-state index in [2.05, 4.69) is 46.5 Å². The van der Waals surface area contributed by atoms with Crippen molar-refractivity contribution in [2.45, 2.75) is 123 Å². The van der Waals surface area contributed by atoms with Crippen LogP contribution >= 0.6 is 11.3 Å². The summed E-state index contributed by atoms with van der Waals surface area (Å²) in [4.78, 5) is 68.7. The molecule has 2 aliphatic heterocycles. The number of nitrogens with one attached hydrogen (secondary N) is 1. The predicted molar refractivity (Wildman–Crippen MR) is 268 cm³/mol. The molecular formula is C53H64N6O8S2. The number of aromatic nitrogens is 3. The molecule has 2 fully saturated rings. The Labute approximate surface area is 409 Å². The Bertz CT molecular complexity index is 2830. The third kappa shape index (κ3) is 11.3. The summed E-state index contributed by atoms with van der Waals surface area (Å²) < 4.78 is 43.5. The van der Waals surface area contributed by atoms with Crippen LogP contribution in [0.25, 0.3) is 32.7 Å². The fourth-order valence-corrected chi connectivity index (χ4v) is 11.2. The minimum absolute atomic E-state index is 0.0356. The molecule has 1 saturated heterocycles. The van der Waals surface area contributed by atoms with Crippen LogP contribution in [0, 0.1) is 17.3 Å². The molecule has 1 saturated carbocycles. The highest BCUT2D eigenvalue weighted by molar-refractivity contribution is 7.87. The molecular weight excluding hydrogens is 913 g/mol. The first-order chi connectivity index (χ1) is 32.8. The van der Waals surface area contributed by atoms with Gasteiger partial charge < -0.3 is 14.4 Å². The molecule has 0 radical (unpaired) electrons. The van der Waals surface area contributed by atoms with Crippen molar-refractivity contribution >= 4 is 56.1 Å². The largest absolute Gasteiger partial charge is 0.460 e. The summed E-state index contributed by atoms with van der Waals surface area (Å²) in [5.74, 6) is -3.10. The van der Waals surface area contributed by atoms with Crippen LogP contribution in [0.2, 0.25) is 0 Å². The van der Waals surface area contributed by atoms with Gasteiger partial charge in [-0.2, -0.15) is 17.7 Å². The number of allylic oxidation sites excluding steroid dienone is 2. The van der Waals surface area contributed by atoms with Crippen molar-refractivity contribution in [1.82, 2.24) is 28.5 Å². The number of hydrogen-bond acceptors (Lipinski definition) is 11. The van der Waals surface area contributed by atoms with Gasteiger partial charge in [-0.3, -0.25) is 23.7 Å². The number of hydrogen-bond donors (Lipinski definition) is 1. The van der Waals surface area contributed by atoms with E-state index < -0.39 is 51.2 Å². The van der Waals surface area contributed by atoms with Crippen molar-refractivity contribution in [3.8, 4) is 27.7 Å². The maximum Gasteiger partial charge on any atom is 0.307 e. The molecule has 14 nitrogen and oxygen atoms in total. The van der Waals surface area contributed by atoms with Gasteiger partial charge in [-0.15, -0.1) is 11.3 Å². The Hall–Kier alpha value is -5.71. The summed E-state index contributed by atoms with van der Waals surface area (Å²) in [5, 5.41) is 2.90. The second-order valence-corrected chi connectivity index (χ2v) is 23.0. The maximum atomic E-state index is 14.9. The molecule has 5 aromatic rings. The molecule has 69 heavy (non-hydrogen) atoms. The Morgan fingerprint density at radius 2 is 1.70 bits per heavy atom. The molecule has 3 aromatic carbocycles. The number of Topliss-reactive ketones (excluding diaryl/α,β-unsaturated/α-hetero) is 1. The third-order valence-corrected chi connectivity index (χ3v) is 15.7. The van der Waals surface area contributed by atoms with Gasteiger partial charge in [0.05, 0.1) is 35.6 Å². The van der Waals surface area contributed by atoms with Crippen molar-refractivity contribution in [2.24, 2.45) is 17.3 Å². The van der Waals surface area contributed by atoms with Crippen molar-refractivity contribution in [3.63, 3.8) is 0 Å². The van der Waals surface area contributed by atoms with Crippen LogP contribution in [0.15, 0.2) is 90.3 Å². The number of imidazole rings is 1. The van der Waals surface area contributed by atoms with Crippen LogP contribution < -0.4 is 9.46 Å². The molecule has 5 atom stereocenters. The van der Waals surface area contributed by atoms with Crippen LogP contribution in [-0.2, 0) is 40.5 Å². The Morgan fingerprint density at radius 1 is 0.957 bits per heavy atom. The minimum Gasteiger partial charge on any atom is -0.460 e. The number of carbonyl (C=O) groups is 4. The van der Waals surface area contributed by atoms with E-state index in [1.54, 1.807) is 32.1 Å². The van der Waals surface area contributed by atoms with Crippen molar-refractivity contribution < 1.29 is 37.1 Å². The molecule has 3 aliphatic rings. The van der Waals surface area contributed by atoms with Gasteiger partial charge in [-0.25, -0.2) is 9.71 Å². The first-order valence-corrected chi connectivity index (χ1v) is 26.4. The van der Waals surface area contributed by atoms with E-state index in [0.29, 0.717) is 30.8 Å². The zero-order chi connectivity index (χ0) is 49.3. The van der Waals surface area contributed by atoms with E-state index in [-0.39, 0.29) is 55.9 Å². The molecule has 1 aliphatic carbocycles. The zero-order valence-electron chi connectivity index (χ0n) is 40.6. The van der Waals surface area contributed by atoms with Crippen molar-refractivity contribution in [2.75, 3.05) is 20.6 Å². The average molecular weight is 977 g/mol. The topological polar surface area (TPSA) is 170 Å². The van der Waals surface area contributed by atoms with Gasteiger partial charge in [-0.1, -0.05) is 85.7 Å². The van der Waals surface area contributed by atoms with Gasteiger partial charge in [0, 0.05) is 56.3 Å². The van der Waals surface area contributed by atoms with E-state index in [0.717, 1.165) is 56.5 Å². The van der Waals surface area contributed by atoms with E-state index in [1.165, 1.54) is 24.6 Å². The number of rotatable bonds is 12. The molecule has 2 aromatic heterocycles. The van der Waals surface area contributed by atoms with Gasteiger partial charge in [0.2, 0.25) is 11.8 Å². The first-order valence-electron chi connectivity index (χ1n) is 24.0. The van der Waals surface area contributed by atoms with Crippen LogP contribution in [0.3, 0.4) is 0 Å². The number of nitrogens with zero attached hydrogens (tertiary/aromatic N) is 5. The second-order valence-electron chi connectivity index (χ2n) is 20.3. The highest BCUT2D eigenvalue weighted by atomic mass is 32.2. The molecule has 0 spiro atoms. The SMILES string of the molecule is CC(C)n1c(O[C@@H]2C[C@H]3C(=O)C[C@]4(C(=O)NS(=O)(=O)N(C)C)C[C@H]4/C=C\CCCCC[C@H](CC(=O)OC(C)(C)C)C(=O)N3C2)nc2c(-c3nc(Cc4ccc(-c5ccccc5)cc4)cs3)cccc21. The number of ketones is 1. The lowest BCUT2D eigenvalue weighted by Crippen LogP contribution is -2.47. The molecule has 8 rings (SSSR count). The Balaban J connectivity index is 1.08. The summed E-state index contributed by atoms with van der Waals surface area (Å²) in [6.45, 7) is 9.46. The lowest BCUT2D eigenvalue weighted by molar-refractivity contribution is -0.159. The molecule has 4 heterocycles. The van der Waals surface area contributed by atoms with E-state index in [1.807, 2.05) is 67.0 Å². The fourth-order valence-electron chi connectivity index (χ4n) is 9.69. The first kappa shape index (κ1) is 49.7. The third-order valence-electron chi connectivity index (χ3n) is 13.4. The summed E-state index contributed by atoms with van der Waals surface area (Å²) in [5.41, 5.74) is 4.76. The number of para-hydroxylation sites is 1. The highest BCUT2D eigenvalue weighted by Crippen LogP contribution is 2.57. The number of fused-ring (bicyclic) bond motifs is 3. The predicted octanol–water partition coefficient (Wildman–Crippen LogP) is 9.10. The summed E-state index contributed by atoms with van der Waals surface area (Å²) in [7, 11) is -1.50. The van der Waals surface area contributed by atoms with Crippen LogP contribution in [0.1, 0.15) is 110 Å². The second kappa shape index (κ2) is 20.3. The average Bonchev–Trinajstić information content (AvgIpc) is 3.61. The highest BCUT2D eigenvalue weighted by Gasteiger charge is 2.61. The van der Waals surface area contributed by atoms with E-state index in [9.17, 15) is 27.6 Å². The lowest BCUT2D eigenvalue weighted by atomic mass is 9.90. The van der Waals surface area contributed by atoms with Crippen LogP contribution in [-0.4, -0.2) is 94.1 Å². The van der Waals surface area contributed by atoms with Crippen LogP contribution in [0.4, 0.5) is 0 Å². The molecule has 2 amide bonds. The van der Waals surface area contributed by atoms with E-state index in [4.69, 9.17) is 19.4 Å². The molecule has 1 N–H and O–H groups in total. The Morgan fingerprint density at radius 3 is 2.41 bits per heavy atom. The number of esters is 1. The number of thiazole rings is 1. The summed E-state index contributed by atoms with van der Waals surface area (Å²) in [6, 6.07) is 24.1. The number of carbonyl (C=O) groups excluding carboxylic acids is 4. The summed E-state index contributed by atoms with van der Waals surface area (Å²) in [6.07, 6.45) is 7.30. The van der Waals surface area contributed by atoms with Crippen molar-refractivity contribution in [3.05, 3.63) is 102 Å². The van der Waals surface area contributed by atoms with Gasteiger partial charge in [0.15, 0.2) is 5.78 Å². The van der Waals surface area contributed by atoms with Gasteiger partial charge in [0.25, 0.3) is 6.01 Å².